The maximum absolute atomic E-state index is 11.6. The zero-order chi connectivity index (χ0) is 14.7. The van der Waals surface area contributed by atoms with Gasteiger partial charge in [-0.25, -0.2) is 4.79 Å². The molecule has 0 atom stereocenters. The molecule has 0 saturated heterocycles. The lowest BCUT2D eigenvalue weighted by atomic mass is 9.77. The number of aromatic amines is 1. The van der Waals surface area contributed by atoms with Crippen LogP contribution >= 0.6 is 0 Å². The molecular weight excluding hydrogens is 263 g/mol. The summed E-state index contributed by atoms with van der Waals surface area (Å²) >= 11 is 0. The second-order valence-electron chi connectivity index (χ2n) is 4.18. The van der Waals surface area contributed by atoms with Gasteiger partial charge in [-0.2, -0.15) is 0 Å². The number of hydrogen-bond acceptors (Lipinski definition) is 5. The van der Waals surface area contributed by atoms with Crippen LogP contribution in [-0.2, 0) is 6.54 Å². The van der Waals surface area contributed by atoms with E-state index in [-0.39, 0.29) is 12.0 Å². The highest BCUT2D eigenvalue weighted by Gasteiger charge is 2.17. The fourth-order valence-corrected chi connectivity index (χ4v) is 1.85. The summed E-state index contributed by atoms with van der Waals surface area (Å²) in [5, 5.41) is 18.7. The molecule has 1 heterocycles. The first kappa shape index (κ1) is 14.1. The third-order valence-electron chi connectivity index (χ3n) is 2.87. The van der Waals surface area contributed by atoms with E-state index in [1.807, 2.05) is 0 Å². The summed E-state index contributed by atoms with van der Waals surface area (Å²) in [6.07, 6.45) is 1.34. The van der Waals surface area contributed by atoms with Crippen LogP contribution in [0.1, 0.15) is 5.56 Å². The Kier molecular flexibility index (Phi) is 4.06. The summed E-state index contributed by atoms with van der Waals surface area (Å²) in [5.41, 5.74) is -0.282. The summed E-state index contributed by atoms with van der Waals surface area (Å²) in [7, 11) is -0.172. The standard InChI is InChI=1S/C12H13BN2O5/c1-20-9-2-3-10(13(18)19)8(6-9)7-15-5-4-11(16)14-12(15)17/h2-6,18-19H,7H2,1H3,(H,14,16,17). The first-order valence-corrected chi connectivity index (χ1v) is 5.84. The van der Waals surface area contributed by atoms with E-state index in [1.54, 1.807) is 12.1 Å². The van der Waals surface area contributed by atoms with Gasteiger partial charge in [0.15, 0.2) is 0 Å². The minimum absolute atomic E-state index is 0.0831. The molecule has 0 aliphatic carbocycles. The SMILES string of the molecule is COc1ccc(B(O)O)c(Cn2ccc(=O)[nH]c2=O)c1. The van der Waals surface area contributed by atoms with E-state index in [9.17, 15) is 19.6 Å². The number of aromatic nitrogens is 2. The highest BCUT2D eigenvalue weighted by Crippen LogP contribution is 2.12. The fourth-order valence-electron chi connectivity index (χ4n) is 1.85. The molecule has 3 N–H and O–H groups in total. The van der Waals surface area contributed by atoms with Crippen LogP contribution < -0.4 is 21.4 Å². The van der Waals surface area contributed by atoms with Crippen LogP contribution in [0.4, 0.5) is 0 Å². The van der Waals surface area contributed by atoms with Gasteiger partial charge in [0.2, 0.25) is 0 Å². The third-order valence-corrected chi connectivity index (χ3v) is 2.87. The van der Waals surface area contributed by atoms with Gasteiger partial charge in [-0.15, -0.1) is 0 Å². The molecule has 2 aromatic rings. The number of nitrogens with one attached hydrogen (secondary N) is 1. The predicted octanol–water partition coefficient (Wildman–Crippen LogP) is -1.73. The second kappa shape index (κ2) is 5.76. The van der Waals surface area contributed by atoms with Gasteiger partial charge in [-0.05, 0) is 23.2 Å². The normalized spacial score (nSPS) is 10.3. The minimum atomic E-state index is -1.66. The number of rotatable bonds is 4. The van der Waals surface area contributed by atoms with Crippen LogP contribution in [0.2, 0.25) is 0 Å². The summed E-state index contributed by atoms with van der Waals surface area (Å²) in [6.45, 7) is 0.0831. The molecule has 0 unspecified atom stereocenters. The van der Waals surface area contributed by atoms with Crippen LogP contribution in [0.15, 0.2) is 40.1 Å². The van der Waals surface area contributed by atoms with Crippen molar-refractivity contribution in [1.82, 2.24) is 9.55 Å². The first-order chi connectivity index (χ1) is 9.51. The largest absolute Gasteiger partial charge is 0.497 e. The van der Waals surface area contributed by atoms with E-state index < -0.39 is 18.4 Å². The van der Waals surface area contributed by atoms with Crippen LogP contribution in [0.5, 0.6) is 5.75 Å². The fraction of sp³-hybridized carbons (Fsp3) is 0.167. The number of nitrogens with zero attached hydrogens (tertiary/aromatic N) is 1. The van der Waals surface area contributed by atoms with Crippen LogP contribution in [0.3, 0.4) is 0 Å². The van der Waals surface area contributed by atoms with Gasteiger partial charge in [-0.1, -0.05) is 6.07 Å². The Hall–Kier alpha value is -2.32. The molecule has 0 aliphatic rings. The topological polar surface area (TPSA) is 105 Å². The zero-order valence-corrected chi connectivity index (χ0v) is 10.7. The Morgan fingerprint density at radius 1 is 1.30 bits per heavy atom. The number of benzene rings is 1. The van der Waals surface area contributed by atoms with E-state index in [1.165, 1.54) is 30.0 Å². The van der Waals surface area contributed by atoms with Gasteiger partial charge in [0, 0.05) is 12.3 Å². The molecule has 0 saturated carbocycles. The molecule has 0 bridgehead atoms. The smallest absolute Gasteiger partial charge is 0.488 e. The highest BCUT2D eigenvalue weighted by molar-refractivity contribution is 6.59. The van der Waals surface area contributed by atoms with Crippen molar-refractivity contribution in [3.63, 3.8) is 0 Å². The lowest BCUT2D eigenvalue weighted by Crippen LogP contribution is -2.36. The maximum atomic E-state index is 11.6. The van der Waals surface area contributed by atoms with Crippen molar-refractivity contribution in [1.29, 1.82) is 0 Å². The molecule has 0 fully saturated rings. The van der Waals surface area contributed by atoms with Crippen molar-refractivity contribution in [2.24, 2.45) is 0 Å². The summed E-state index contributed by atoms with van der Waals surface area (Å²) in [5.74, 6) is 0.530. The number of methoxy groups -OCH3 is 1. The zero-order valence-electron chi connectivity index (χ0n) is 10.7. The Labute approximate surface area is 114 Å². The van der Waals surface area contributed by atoms with Crippen molar-refractivity contribution >= 4 is 12.6 Å². The van der Waals surface area contributed by atoms with E-state index in [0.717, 1.165) is 0 Å². The molecule has 7 nitrogen and oxygen atoms in total. The molecule has 0 aliphatic heterocycles. The maximum Gasteiger partial charge on any atom is 0.488 e. The van der Waals surface area contributed by atoms with E-state index in [4.69, 9.17) is 4.74 Å². The molecule has 2 rings (SSSR count). The van der Waals surface area contributed by atoms with Crippen molar-refractivity contribution in [3.05, 3.63) is 56.9 Å². The lowest BCUT2D eigenvalue weighted by Gasteiger charge is -2.12. The van der Waals surface area contributed by atoms with Gasteiger partial charge in [0.05, 0.1) is 13.7 Å². The van der Waals surface area contributed by atoms with Gasteiger partial charge >= 0.3 is 12.8 Å². The van der Waals surface area contributed by atoms with Gasteiger partial charge in [0.25, 0.3) is 5.56 Å². The molecule has 104 valence electrons. The van der Waals surface area contributed by atoms with Gasteiger partial charge in [0.1, 0.15) is 5.75 Å². The summed E-state index contributed by atoms with van der Waals surface area (Å²) in [4.78, 5) is 24.8. The molecule has 0 spiro atoms. The third kappa shape index (κ3) is 2.98. The summed E-state index contributed by atoms with van der Waals surface area (Å²) < 4.78 is 6.32. The van der Waals surface area contributed by atoms with Crippen LogP contribution in [0, 0.1) is 0 Å². The van der Waals surface area contributed by atoms with Crippen molar-refractivity contribution in [2.75, 3.05) is 7.11 Å². The molecule has 0 radical (unpaired) electrons. The van der Waals surface area contributed by atoms with Crippen molar-refractivity contribution in [3.8, 4) is 5.75 Å². The quantitative estimate of drug-likeness (QED) is 0.576. The number of ether oxygens (including phenoxy) is 1. The Morgan fingerprint density at radius 2 is 2.05 bits per heavy atom. The van der Waals surface area contributed by atoms with Crippen molar-refractivity contribution < 1.29 is 14.8 Å². The lowest BCUT2D eigenvalue weighted by molar-refractivity contribution is 0.413. The van der Waals surface area contributed by atoms with Gasteiger partial charge in [-0.3, -0.25) is 14.3 Å². The molecule has 20 heavy (non-hydrogen) atoms. The van der Waals surface area contributed by atoms with E-state index in [2.05, 4.69) is 4.98 Å². The Morgan fingerprint density at radius 3 is 2.65 bits per heavy atom. The number of hydrogen-bond donors (Lipinski definition) is 3. The average molecular weight is 276 g/mol. The molecule has 1 aromatic carbocycles. The minimum Gasteiger partial charge on any atom is -0.497 e. The summed E-state index contributed by atoms with van der Waals surface area (Å²) in [6, 6.07) is 5.92. The number of H-pyrrole nitrogens is 1. The Balaban J connectivity index is 2.45. The molecule has 0 amide bonds. The van der Waals surface area contributed by atoms with Crippen LogP contribution in [-0.4, -0.2) is 33.8 Å². The predicted molar refractivity (Wildman–Crippen MR) is 73.2 cm³/mol. The monoisotopic (exact) mass is 276 g/mol. The second-order valence-corrected chi connectivity index (χ2v) is 4.18. The highest BCUT2D eigenvalue weighted by atomic mass is 16.5. The van der Waals surface area contributed by atoms with Crippen LogP contribution in [0.25, 0.3) is 0 Å². The van der Waals surface area contributed by atoms with Gasteiger partial charge < -0.3 is 14.8 Å². The molecule has 8 heteroatoms. The Bertz CT molecular complexity index is 722. The van der Waals surface area contributed by atoms with Crippen molar-refractivity contribution in [2.45, 2.75) is 6.54 Å². The van der Waals surface area contributed by atoms with E-state index in [0.29, 0.717) is 11.3 Å². The molecule has 1 aromatic heterocycles. The van der Waals surface area contributed by atoms with E-state index >= 15 is 0 Å². The first-order valence-electron chi connectivity index (χ1n) is 5.84. The molecular formula is C12H13BN2O5. The average Bonchev–Trinajstić information content (AvgIpc) is 2.41.